The average molecular weight is 346 g/mol. The molecule has 4 rings (SSSR count). The van der Waals surface area contributed by atoms with Gasteiger partial charge in [0.2, 0.25) is 5.91 Å². The van der Waals surface area contributed by atoms with Crippen LogP contribution in [0, 0.1) is 0 Å². The Morgan fingerprint density at radius 1 is 1.25 bits per heavy atom. The molecule has 0 N–H and O–H groups in total. The summed E-state index contributed by atoms with van der Waals surface area (Å²) < 4.78 is 1.26. The SMILES string of the molecule is CC1CCCCN1C(=O)Cn1nnc2sc3c(c2c1=O)CCCC3. The number of nitrogens with zero attached hydrogens (tertiary/aromatic N) is 4. The van der Waals surface area contributed by atoms with Gasteiger partial charge in [0.15, 0.2) is 4.83 Å². The molecule has 1 fully saturated rings. The molecular weight excluding hydrogens is 324 g/mol. The number of fused-ring (bicyclic) bond motifs is 3. The van der Waals surface area contributed by atoms with Crippen molar-refractivity contribution >= 4 is 27.5 Å². The van der Waals surface area contributed by atoms with Gasteiger partial charge in [-0.15, -0.1) is 16.4 Å². The van der Waals surface area contributed by atoms with Crippen LogP contribution in [0.4, 0.5) is 0 Å². The lowest BCUT2D eigenvalue weighted by Gasteiger charge is -2.33. The Morgan fingerprint density at radius 3 is 2.92 bits per heavy atom. The van der Waals surface area contributed by atoms with Crippen molar-refractivity contribution in [3.63, 3.8) is 0 Å². The highest BCUT2D eigenvalue weighted by molar-refractivity contribution is 7.18. The number of likely N-dealkylation sites (tertiary alicyclic amines) is 1. The third kappa shape index (κ3) is 2.64. The van der Waals surface area contributed by atoms with Crippen molar-refractivity contribution in [2.45, 2.75) is 64.5 Å². The Hall–Kier alpha value is -1.76. The summed E-state index contributed by atoms with van der Waals surface area (Å²) in [7, 11) is 0. The number of thiophene rings is 1. The highest BCUT2D eigenvalue weighted by atomic mass is 32.1. The van der Waals surface area contributed by atoms with Gasteiger partial charge in [-0.2, -0.15) is 0 Å². The molecule has 128 valence electrons. The molecule has 0 radical (unpaired) electrons. The van der Waals surface area contributed by atoms with E-state index in [2.05, 4.69) is 17.2 Å². The lowest BCUT2D eigenvalue weighted by Crippen LogP contribution is -2.45. The number of aryl methyl sites for hydroxylation is 2. The number of piperidine rings is 1. The van der Waals surface area contributed by atoms with Gasteiger partial charge in [0.25, 0.3) is 5.56 Å². The fourth-order valence-corrected chi connectivity index (χ4v) is 5.09. The van der Waals surface area contributed by atoms with Crippen molar-refractivity contribution in [3.8, 4) is 0 Å². The van der Waals surface area contributed by atoms with Crippen LogP contribution in [0.1, 0.15) is 49.5 Å². The summed E-state index contributed by atoms with van der Waals surface area (Å²) in [5.41, 5.74) is 0.992. The molecule has 1 saturated heterocycles. The van der Waals surface area contributed by atoms with E-state index >= 15 is 0 Å². The second-order valence-corrected chi connectivity index (χ2v) is 7.96. The Balaban J connectivity index is 1.66. The molecule has 0 spiro atoms. The number of aromatic nitrogens is 3. The molecule has 0 aromatic carbocycles. The highest BCUT2D eigenvalue weighted by Crippen LogP contribution is 2.33. The van der Waals surface area contributed by atoms with Crippen LogP contribution < -0.4 is 5.56 Å². The summed E-state index contributed by atoms with van der Waals surface area (Å²) >= 11 is 1.59. The molecule has 1 atom stereocenters. The molecule has 7 heteroatoms. The van der Waals surface area contributed by atoms with E-state index in [1.165, 1.54) is 16.0 Å². The van der Waals surface area contributed by atoms with E-state index in [-0.39, 0.29) is 24.1 Å². The Labute approximate surface area is 144 Å². The molecule has 2 aliphatic rings. The number of hydrogen-bond acceptors (Lipinski definition) is 5. The van der Waals surface area contributed by atoms with Gasteiger partial charge >= 0.3 is 0 Å². The lowest BCUT2D eigenvalue weighted by molar-refractivity contribution is -0.135. The molecule has 1 amide bonds. The third-order valence-corrected chi connectivity index (χ3v) is 6.43. The van der Waals surface area contributed by atoms with Gasteiger partial charge in [0.05, 0.1) is 5.39 Å². The summed E-state index contributed by atoms with van der Waals surface area (Å²) in [5, 5.41) is 8.95. The molecule has 2 aromatic heterocycles. The largest absolute Gasteiger partial charge is 0.338 e. The van der Waals surface area contributed by atoms with E-state index in [1.54, 1.807) is 11.3 Å². The summed E-state index contributed by atoms with van der Waals surface area (Å²) in [5.74, 6) is -0.0259. The maximum absolute atomic E-state index is 12.9. The van der Waals surface area contributed by atoms with Crippen LogP contribution in [0.3, 0.4) is 0 Å². The third-order valence-electron chi connectivity index (χ3n) is 5.25. The molecule has 24 heavy (non-hydrogen) atoms. The van der Waals surface area contributed by atoms with Crippen LogP contribution in [0.2, 0.25) is 0 Å². The maximum atomic E-state index is 12.9. The van der Waals surface area contributed by atoms with Gasteiger partial charge in [-0.05, 0) is 57.4 Å². The molecule has 0 saturated carbocycles. The average Bonchev–Trinajstić information content (AvgIpc) is 2.97. The summed E-state index contributed by atoms with van der Waals surface area (Å²) in [6, 6.07) is 0.243. The first-order valence-corrected chi connectivity index (χ1v) is 9.64. The Kier molecular flexibility index (Phi) is 4.12. The van der Waals surface area contributed by atoms with Gasteiger partial charge in [0, 0.05) is 17.5 Å². The maximum Gasteiger partial charge on any atom is 0.279 e. The summed E-state index contributed by atoms with van der Waals surface area (Å²) in [6.07, 6.45) is 7.49. The monoisotopic (exact) mass is 346 g/mol. The Bertz CT molecular complexity index is 841. The molecule has 0 bridgehead atoms. The second-order valence-electron chi connectivity index (χ2n) is 6.88. The quantitative estimate of drug-likeness (QED) is 0.835. The number of carbonyl (C=O) groups is 1. The van der Waals surface area contributed by atoms with Crippen LogP contribution >= 0.6 is 11.3 Å². The minimum absolute atomic E-state index is 0.00324. The standard InChI is InChI=1S/C17H22N4O2S/c1-11-6-4-5-9-20(11)14(22)10-21-17(23)15-12-7-2-3-8-13(12)24-16(15)18-19-21/h11H,2-10H2,1H3. The van der Waals surface area contributed by atoms with E-state index in [1.807, 2.05) is 4.90 Å². The second kappa shape index (κ2) is 6.27. The minimum Gasteiger partial charge on any atom is -0.338 e. The number of rotatable bonds is 2. The van der Waals surface area contributed by atoms with Gasteiger partial charge in [-0.1, -0.05) is 5.21 Å². The van der Waals surface area contributed by atoms with Crippen LogP contribution in [0.5, 0.6) is 0 Å². The summed E-state index contributed by atoms with van der Waals surface area (Å²) in [6.45, 7) is 2.85. The van der Waals surface area contributed by atoms with Gasteiger partial charge in [0.1, 0.15) is 6.54 Å². The van der Waals surface area contributed by atoms with Crippen molar-refractivity contribution in [2.24, 2.45) is 0 Å². The minimum atomic E-state index is -0.155. The first kappa shape index (κ1) is 15.7. The van der Waals surface area contributed by atoms with E-state index in [9.17, 15) is 9.59 Å². The predicted molar refractivity (Wildman–Crippen MR) is 93.3 cm³/mol. The summed E-state index contributed by atoms with van der Waals surface area (Å²) in [4.78, 5) is 29.3. The first-order valence-electron chi connectivity index (χ1n) is 8.82. The highest BCUT2D eigenvalue weighted by Gasteiger charge is 2.25. The van der Waals surface area contributed by atoms with Crippen molar-refractivity contribution in [1.29, 1.82) is 0 Å². The van der Waals surface area contributed by atoms with E-state index in [0.717, 1.165) is 55.5 Å². The zero-order valence-electron chi connectivity index (χ0n) is 14.0. The lowest BCUT2D eigenvalue weighted by atomic mass is 9.97. The number of carbonyl (C=O) groups excluding carboxylic acids is 1. The van der Waals surface area contributed by atoms with Crippen LogP contribution in [0.15, 0.2) is 4.79 Å². The van der Waals surface area contributed by atoms with Crippen LogP contribution in [0.25, 0.3) is 10.2 Å². The van der Waals surface area contributed by atoms with Crippen LogP contribution in [-0.4, -0.2) is 38.4 Å². The smallest absolute Gasteiger partial charge is 0.279 e. The zero-order chi connectivity index (χ0) is 16.7. The molecule has 1 aliphatic heterocycles. The fraction of sp³-hybridized carbons (Fsp3) is 0.647. The predicted octanol–water partition coefficient (Wildman–Crippen LogP) is 2.13. The number of amides is 1. The zero-order valence-corrected chi connectivity index (χ0v) is 14.8. The molecule has 1 unspecified atom stereocenters. The fourth-order valence-electron chi connectivity index (χ4n) is 3.90. The number of hydrogen-bond donors (Lipinski definition) is 0. The van der Waals surface area contributed by atoms with Gasteiger partial charge < -0.3 is 4.90 Å². The van der Waals surface area contributed by atoms with E-state index < -0.39 is 0 Å². The van der Waals surface area contributed by atoms with Gasteiger partial charge in [-0.25, -0.2) is 4.68 Å². The van der Waals surface area contributed by atoms with Crippen molar-refractivity contribution < 1.29 is 4.79 Å². The Morgan fingerprint density at radius 2 is 2.08 bits per heavy atom. The normalized spacial score (nSPS) is 21.0. The molecular formula is C17H22N4O2S. The van der Waals surface area contributed by atoms with E-state index in [0.29, 0.717) is 5.39 Å². The molecule has 2 aromatic rings. The van der Waals surface area contributed by atoms with Crippen molar-refractivity contribution in [2.75, 3.05) is 6.54 Å². The van der Waals surface area contributed by atoms with Crippen LogP contribution in [-0.2, 0) is 24.2 Å². The van der Waals surface area contributed by atoms with E-state index in [4.69, 9.17) is 0 Å². The van der Waals surface area contributed by atoms with Crippen molar-refractivity contribution in [3.05, 3.63) is 20.8 Å². The molecule has 3 heterocycles. The molecule has 1 aliphatic carbocycles. The first-order chi connectivity index (χ1) is 11.6. The molecule has 6 nitrogen and oxygen atoms in total. The van der Waals surface area contributed by atoms with Crippen molar-refractivity contribution in [1.82, 2.24) is 19.9 Å². The topological polar surface area (TPSA) is 68.1 Å². The van der Waals surface area contributed by atoms with Gasteiger partial charge in [-0.3, -0.25) is 9.59 Å².